The first-order chi connectivity index (χ1) is 12.7. The number of methoxy groups -OCH3 is 2. The number of rotatable bonds is 7. The van der Waals surface area contributed by atoms with E-state index in [0.717, 1.165) is 32.5 Å². The van der Waals surface area contributed by atoms with Gasteiger partial charge in [0.05, 0.1) is 26.5 Å². The van der Waals surface area contributed by atoms with Crippen molar-refractivity contribution in [1.82, 2.24) is 14.7 Å². The van der Waals surface area contributed by atoms with Gasteiger partial charge in [-0.25, -0.2) is 0 Å². The summed E-state index contributed by atoms with van der Waals surface area (Å²) in [5.41, 5.74) is 0.630. The van der Waals surface area contributed by atoms with Crippen LogP contribution >= 0.6 is 0 Å². The van der Waals surface area contributed by atoms with Gasteiger partial charge in [-0.2, -0.15) is 5.10 Å². The molecule has 1 saturated heterocycles. The number of carbonyl (C=O) groups excluding carboxylic acids is 1. The molecule has 1 N–H and O–H groups in total. The minimum Gasteiger partial charge on any atom is -0.497 e. The molecule has 3 rings (SSSR count). The second-order valence-corrected chi connectivity index (χ2v) is 6.56. The summed E-state index contributed by atoms with van der Waals surface area (Å²) in [5, 5.41) is 7.20. The molecular formula is C19H26N4O3. The van der Waals surface area contributed by atoms with Crippen LogP contribution in [0, 0.1) is 5.92 Å². The molecule has 1 aromatic carbocycles. The van der Waals surface area contributed by atoms with Gasteiger partial charge in [0.2, 0.25) is 5.91 Å². The Labute approximate surface area is 153 Å². The molecule has 0 radical (unpaired) electrons. The number of ether oxygens (including phenoxy) is 2. The standard InChI is InChI=1S/C19H26N4O3/c1-25-16-4-5-18(26-2)17(12-16)21-19(24)14-22-10-6-15(7-11-22)13-23-9-3-8-20-23/h3-5,8-9,12,15H,6-7,10-11,13-14H2,1-2H3,(H,21,24). The Morgan fingerprint density at radius 3 is 2.73 bits per heavy atom. The van der Waals surface area contributed by atoms with Crippen molar-refractivity contribution in [3.05, 3.63) is 36.7 Å². The van der Waals surface area contributed by atoms with Gasteiger partial charge in [-0.1, -0.05) is 0 Å². The molecule has 140 valence electrons. The SMILES string of the molecule is COc1ccc(OC)c(NC(=O)CN2CCC(Cn3cccn3)CC2)c1. The largest absolute Gasteiger partial charge is 0.497 e. The van der Waals surface area contributed by atoms with E-state index in [-0.39, 0.29) is 5.91 Å². The van der Waals surface area contributed by atoms with Crippen LogP contribution in [0.15, 0.2) is 36.7 Å². The number of aromatic nitrogens is 2. The number of piperidine rings is 1. The molecule has 1 aliphatic heterocycles. The Kier molecular flexibility index (Phi) is 6.12. The fourth-order valence-corrected chi connectivity index (χ4v) is 3.30. The van der Waals surface area contributed by atoms with Crippen molar-refractivity contribution in [2.75, 3.05) is 39.2 Å². The molecule has 0 unspecified atom stereocenters. The number of carbonyl (C=O) groups is 1. The highest BCUT2D eigenvalue weighted by molar-refractivity contribution is 5.94. The fourth-order valence-electron chi connectivity index (χ4n) is 3.30. The van der Waals surface area contributed by atoms with Gasteiger partial charge in [-0.15, -0.1) is 0 Å². The third-order valence-electron chi connectivity index (χ3n) is 4.76. The lowest BCUT2D eigenvalue weighted by Gasteiger charge is -2.31. The number of nitrogens with zero attached hydrogens (tertiary/aromatic N) is 3. The zero-order valence-electron chi connectivity index (χ0n) is 15.4. The van der Waals surface area contributed by atoms with E-state index in [1.165, 1.54) is 0 Å². The summed E-state index contributed by atoms with van der Waals surface area (Å²) < 4.78 is 12.5. The monoisotopic (exact) mass is 358 g/mol. The second-order valence-electron chi connectivity index (χ2n) is 6.56. The molecule has 1 aromatic heterocycles. The van der Waals surface area contributed by atoms with E-state index < -0.39 is 0 Å². The number of hydrogen-bond donors (Lipinski definition) is 1. The molecule has 7 heteroatoms. The van der Waals surface area contributed by atoms with Crippen molar-refractivity contribution in [2.24, 2.45) is 5.92 Å². The minimum atomic E-state index is -0.0397. The van der Waals surface area contributed by atoms with Crippen LogP contribution in [0.2, 0.25) is 0 Å². The number of hydrogen-bond acceptors (Lipinski definition) is 5. The molecule has 0 spiro atoms. The van der Waals surface area contributed by atoms with Crippen molar-refractivity contribution in [1.29, 1.82) is 0 Å². The highest BCUT2D eigenvalue weighted by Gasteiger charge is 2.21. The molecule has 2 heterocycles. The van der Waals surface area contributed by atoms with Crippen LogP contribution in [-0.4, -0.2) is 54.4 Å². The molecule has 0 atom stereocenters. The summed E-state index contributed by atoms with van der Waals surface area (Å²) in [4.78, 5) is 14.6. The molecule has 1 fully saturated rings. The van der Waals surface area contributed by atoms with Crippen LogP contribution in [0.25, 0.3) is 0 Å². The van der Waals surface area contributed by atoms with E-state index in [9.17, 15) is 4.79 Å². The summed E-state index contributed by atoms with van der Waals surface area (Å²) in [6, 6.07) is 7.31. The average molecular weight is 358 g/mol. The molecule has 1 aliphatic rings. The summed E-state index contributed by atoms with van der Waals surface area (Å²) in [7, 11) is 3.18. The van der Waals surface area contributed by atoms with Crippen molar-refractivity contribution in [3.8, 4) is 11.5 Å². The zero-order chi connectivity index (χ0) is 18.4. The van der Waals surface area contributed by atoms with Crippen molar-refractivity contribution >= 4 is 11.6 Å². The second kappa shape index (κ2) is 8.71. The minimum absolute atomic E-state index is 0.0397. The van der Waals surface area contributed by atoms with Gasteiger partial charge in [0.25, 0.3) is 0 Å². The predicted octanol–water partition coefficient (Wildman–Crippen LogP) is 2.25. The molecule has 1 amide bonds. The van der Waals surface area contributed by atoms with Gasteiger partial charge < -0.3 is 14.8 Å². The van der Waals surface area contributed by atoms with Crippen LogP contribution in [0.5, 0.6) is 11.5 Å². The number of likely N-dealkylation sites (tertiary alicyclic amines) is 1. The molecule has 0 bridgehead atoms. The van der Waals surface area contributed by atoms with Crippen molar-refractivity contribution in [3.63, 3.8) is 0 Å². The van der Waals surface area contributed by atoms with Gasteiger partial charge in [0, 0.05) is 25.0 Å². The van der Waals surface area contributed by atoms with Crippen LogP contribution in [-0.2, 0) is 11.3 Å². The third-order valence-corrected chi connectivity index (χ3v) is 4.76. The van der Waals surface area contributed by atoms with Crippen LogP contribution < -0.4 is 14.8 Å². The van der Waals surface area contributed by atoms with E-state index in [0.29, 0.717) is 29.6 Å². The maximum Gasteiger partial charge on any atom is 0.238 e. The van der Waals surface area contributed by atoms with Gasteiger partial charge in [0.15, 0.2) is 0 Å². The molecule has 0 saturated carbocycles. The first-order valence-corrected chi connectivity index (χ1v) is 8.89. The Balaban J connectivity index is 1.48. The van der Waals surface area contributed by atoms with Gasteiger partial charge in [-0.05, 0) is 50.0 Å². The van der Waals surface area contributed by atoms with Crippen LogP contribution in [0.1, 0.15) is 12.8 Å². The number of benzene rings is 1. The van der Waals surface area contributed by atoms with E-state index in [4.69, 9.17) is 9.47 Å². The van der Waals surface area contributed by atoms with Gasteiger partial charge >= 0.3 is 0 Å². The van der Waals surface area contributed by atoms with Crippen molar-refractivity contribution in [2.45, 2.75) is 19.4 Å². The van der Waals surface area contributed by atoms with Gasteiger partial charge in [-0.3, -0.25) is 14.4 Å². The molecular weight excluding hydrogens is 332 g/mol. The normalized spacial score (nSPS) is 15.6. The summed E-state index contributed by atoms with van der Waals surface area (Å²) >= 11 is 0. The number of amides is 1. The van der Waals surface area contributed by atoms with E-state index in [1.54, 1.807) is 32.4 Å². The van der Waals surface area contributed by atoms with E-state index in [1.807, 2.05) is 23.1 Å². The zero-order valence-corrected chi connectivity index (χ0v) is 15.4. The van der Waals surface area contributed by atoms with Crippen molar-refractivity contribution < 1.29 is 14.3 Å². The summed E-state index contributed by atoms with van der Waals surface area (Å²) in [5.74, 6) is 1.88. The predicted molar refractivity (Wildman–Crippen MR) is 99.6 cm³/mol. The maximum atomic E-state index is 12.4. The lowest BCUT2D eigenvalue weighted by Crippen LogP contribution is -2.40. The Hall–Kier alpha value is -2.54. The Morgan fingerprint density at radius 1 is 1.27 bits per heavy atom. The maximum absolute atomic E-state index is 12.4. The van der Waals surface area contributed by atoms with Crippen LogP contribution in [0.4, 0.5) is 5.69 Å². The third kappa shape index (κ3) is 4.76. The molecule has 7 nitrogen and oxygen atoms in total. The van der Waals surface area contributed by atoms with E-state index in [2.05, 4.69) is 15.3 Å². The summed E-state index contributed by atoms with van der Waals surface area (Å²) in [6.07, 6.45) is 5.97. The lowest BCUT2D eigenvalue weighted by atomic mass is 9.97. The molecule has 0 aliphatic carbocycles. The first-order valence-electron chi connectivity index (χ1n) is 8.89. The highest BCUT2D eigenvalue weighted by Crippen LogP contribution is 2.29. The number of nitrogens with one attached hydrogen (secondary N) is 1. The van der Waals surface area contributed by atoms with Gasteiger partial charge in [0.1, 0.15) is 11.5 Å². The number of anilines is 1. The quantitative estimate of drug-likeness (QED) is 0.822. The average Bonchev–Trinajstić information content (AvgIpc) is 3.16. The highest BCUT2D eigenvalue weighted by atomic mass is 16.5. The fraction of sp³-hybridized carbons (Fsp3) is 0.474. The first kappa shape index (κ1) is 18.3. The topological polar surface area (TPSA) is 68.6 Å². The Bertz CT molecular complexity index is 710. The van der Waals surface area contributed by atoms with E-state index >= 15 is 0 Å². The Morgan fingerprint density at radius 2 is 2.08 bits per heavy atom. The molecule has 2 aromatic rings. The van der Waals surface area contributed by atoms with Crippen LogP contribution in [0.3, 0.4) is 0 Å². The smallest absolute Gasteiger partial charge is 0.238 e. The lowest BCUT2D eigenvalue weighted by molar-refractivity contribution is -0.117. The molecule has 26 heavy (non-hydrogen) atoms. The summed E-state index contributed by atoms with van der Waals surface area (Å²) in [6.45, 7) is 3.19.